The summed E-state index contributed by atoms with van der Waals surface area (Å²) in [6.07, 6.45) is 10.3. The summed E-state index contributed by atoms with van der Waals surface area (Å²) in [5.41, 5.74) is 0. The van der Waals surface area contributed by atoms with Crippen LogP contribution in [0.25, 0.3) is 0 Å². The van der Waals surface area contributed by atoms with Crippen molar-refractivity contribution >= 4 is 0 Å². The maximum atomic E-state index is 5.77. The van der Waals surface area contributed by atoms with Crippen molar-refractivity contribution in [1.29, 1.82) is 0 Å². The van der Waals surface area contributed by atoms with Gasteiger partial charge in [0.1, 0.15) is 0 Å². The molecule has 15 heavy (non-hydrogen) atoms. The van der Waals surface area contributed by atoms with Gasteiger partial charge in [0.15, 0.2) is 0 Å². The van der Waals surface area contributed by atoms with Crippen LogP contribution in [0.3, 0.4) is 0 Å². The Morgan fingerprint density at radius 2 is 1.47 bits per heavy atom. The number of hydrogen-bond acceptors (Lipinski definition) is 2. The smallest absolute Gasteiger partial charge is 0.0565 e. The summed E-state index contributed by atoms with van der Waals surface area (Å²) in [4.78, 5) is 0. The lowest BCUT2D eigenvalue weighted by molar-refractivity contribution is -0.0441. The molecule has 1 aliphatic heterocycles. The summed E-state index contributed by atoms with van der Waals surface area (Å²) in [7, 11) is 0. The average molecular weight is 211 g/mol. The Kier molecular flexibility index (Phi) is 4.04. The quantitative estimate of drug-likeness (QED) is 0.758. The molecule has 0 radical (unpaired) electrons. The maximum absolute atomic E-state index is 5.77. The molecule has 0 bridgehead atoms. The van der Waals surface area contributed by atoms with Crippen LogP contribution >= 0.6 is 0 Å². The Balaban J connectivity index is 1.77. The van der Waals surface area contributed by atoms with Crippen molar-refractivity contribution < 1.29 is 4.74 Å². The van der Waals surface area contributed by atoms with Gasteiger partial charge in [0, 0.05) is 12.1 Å². The maximum Gasteiger partial charge on any atom is 0.0565 e. The normalized spacial score (nSPS) is 39.2. The minimum absolute atomic E-state index is 0.440. The Bertz CT molecular complexity index is 179. The molecule has 2 rings (SSSR count). The van der Waals surface area contributed by atoms with Gasteiger partial charge in [-0.1, -0.05) is 19.3 Å². The fourth-order valence-corrected chi connectivity index (χ4v) is 3.14. The minimum atomic E-state index is 0.440. The summed E-state index contributed by atoms with van der Waals surface area (Å²) in [5.74, 6) is 0. The van der Waals surface area contributed by atoms with Crippen LogP contribution in [-0.2, 0) is 4.74 Å². The first kappa shape index (κ1) is 11.4. The lowest BCUT2D eigenvalue weighted by Gasteiger charge is -2.36. The van der Waals surface area contributed by atoms with Crippen molar-refractivity contribution in [1.82, 2.24) is 5.32 Å². The topological polar surface area (TPSA) is 21.3 Å². The number of ether oxygens (including phenoxy) is 1. The fraction of sp³-hybridized carbons (Fsp3) is 1.00. The molecule has 1 heterocycles. The van der Waals surface area contributed by atoms with Gasteiger partial charge in [-0.2, -0.15) is 0 Å². The van der Waals surface area contributed by atoms with Crippen LogP contribution in [0.4, 0.5) is 0 Å². The van der Waals surface area contributed by atoms with Crippen LogP contribution < -0.4 is 5.32 Å². The van der Waals surface area contributed by atoms with Gasteiger partial charge in [-0.25, -0.2) is 0 Å². The van der Waals surface area contributed by atoms with Crippen LogP contribution in [-0.4, -0.2) is 24.3 Å². The van der Waals surface area contributed by atoms with Crippen LogP contribution in [0.15, 0.2) is 0 Å². The van der Waals surface area contributed by atoms with Crippen molar-refractivity contribution in [3.8, 4) is 0 Å². The van der Waals surface area contributed by atoms with Crippen molar-refractivity contribution in [2.45, 2.75) is 83.1 Å². The second-order valence-electron chi connectivity index (χ2n) is 5.43. The van der Waals surface area contributed by atoms with E-state index in [0.717, 1.165) is 6.04 Å². The van der Waals surface area contributed by atoms with E-state index < -0.39 is 0 Å². The molecule has 0 amide bonds. The van der Waals surface area contributed by atoms with E-state index in [1.165, 1.54) is 44.9 Å². The number of rotatable bonds is 2. The summed E-state index contributed by atoms with van der Waals surface area (Å²) in [6.45, 7) is 4.40. The Morgan fingerprint density at radius 1 is 0.867 bits per heavy atom. The van der Waals surface area contributed by atoms with Gasteiger partial charge < -0.3 is 10.1 Å². The van der Waals surface area contributed by atoms with Gasteiger partial charge in [-0.15, -0.1) is 0 Å². The zero-order valence-electron chi connectivity index (χ0n) is 10.2. The second-order valence-corrected chi connectivity index (χ2v) is 5.43. The molecule has 0 aromatic carbocycles. The molecule has 2 nitrogen and oxygen atoms in total. The van der Waals surface area contributed by atoms with E-state index in [-0.39, 0.29) is 0 Å². The molecule has 0 aromatic rings. The van der Waals surface area contributed by atoms with Gasteiger partial charge in [0.2, 0.25) is 0 Å². The molecule has 2 atom stereocenters. The molecule has 2 fully saturated rings. The van der Waals surface area contributed by atoms with Gasteiger partial charge in [0.05, 0.1) is 12.2 Å². The van der Waals surface area contributed by atoms with Crippen LogP contribution in [0.1, 0.15) is 58.8 Å². The van der Waals surface area contributed by atoms with Crippen molar-refractivity contribution in [3.63, 3.8) is 0 Å². The Hall–Kier alpha value is -0.0800. The molecule has 88 valence electrons. The van der Waals surface area contributed by atoms with E-state index in [1.54, 1.807) is 0 Å². The molecule has 1 saturated heterocycles. The number of hydrogen-bond donors (Lipinski definition) is 1. The first-order valence-corrected chi connectivity index (χ1v) is 6.65. The van der Waals surface area contributed by atoms with Crippen molar-refractivity contribution in [2.24, 2.45) is 0 Å². The molecule has 2 heteroatoms. The molecule has 0 spiro atoms. The fourth-order valence-electron chi connectivity index (χ4n) is 3.14. The Morgan fingerprint density at radius 3 is 2.07 bits per heavy atom. The molecular formula is C13H25NO. The molecule has 1 aliphatic carbocycles. The highest BCUT2D eigenvalue weighted by molar-refractivity contribution is 4.83. The molecule has 1 saturated carbocycles. The van der Waals surface area contributed by atoms with E-state index in [9.17, 15) is 0 Å². The lowest BCUT2D eigenvalue weighted by atomic mass is 9.92. The first-order chi connectivity index (χ1) is 7.24. The second kappa shape index (κ2) is 5.31. The van der Waals surface area contributed by atoms with E-state index in [4.69, 9.17) is 4.74 Å². The molecular weight excluding hydrogens is 186 g/mol. The monoisotopic (exact) mass is 211 g/mol. The van der Waals surface area contributed by atoms with E-state index in [0.29, 0.717) is 18.2 Å². The third kappa shape index (κ3) is 3.46. The molecule has 2 unspecified atom stereocenters. The number of nitrogens with one attached hydrogen (secondary N) is 1. The first-order valence-electron chi connectivity index (χ1n) is 6.65. The van der Waals surface area contributed by atoms with Crippen LogP contribution in [0, 0.1) is 0 Å². The van der Waals surface area contributed by atoms with Gasteiger partial charge in [-0.05, 0) is 39.5 Å². The SMILES string of the molecule is CC1CC(NC2CCCCC2)CC(C)O1. The van der Waals surface area contributed by atoms with Gasteiger partial charge in [-0.3, -0.25) is 0 Å². The predicted molar refractivity (Wildman–Crippen MR) is 63.0 cm³/mol. The molecule has 1 N–H and O–H groups in total. The zero-order chi connectivity index (χ0) is 10.7. The van der Waals surface area contributed by atoms with Crippen molar-refractivity contribution in [2.75, 3.05) is 0 Å². The average Bonchev–Trinajstić information content (AvgIpc) is 2.17. The largest absolute Gasteiger partial charge is 0.375 e. The summed E-state index contributed by atoms with van der Waals surface area (Å²) < 4.78 is 5.77. The van der Waals surface area contributed by atoms with Crippen LogP contribution in [0.5, 0.6) is 0 Å². The summed E-state index contributed by atoms with van der Waals surface area (Å²) >= 11 is 0. The van der Waals surface area contributed by atoms with E-state index >= 15 is 0 Å². The molecule has 0 aromatic heterocycles. The third-order valence-corrected chi connectivity index (χ3v) is 3.77. The van der Waals surface area contributed by atoms with E-state index in [1.807, 2.05) is 0 Å². The summed E-state index contributed by atoms with van der Waals surface area (Å²) in [6, 6.07) is 1.49. The standard InChI is InChI=1S/C13H25NO/c1-10-8-13(9-11(2)15-10)14-12-6-4-3-5-7-12/h10-14H,3-9H2,1-2H3. The van der Waals surface area contributed by atoms with Gasteiger partial charge >= 0.3 is 0 Å². The summed E-state index contributed by atoms with van der Waals surface area (Å²) in [5, 5.41) is 3.84. The zero-order valence-corrected chi connectivity index (χ0v) is 10.2. The highest BCUT2D eigenvalue weighted by Crippen LogP contribution is 2.23. The highest BCUT2D eigenvalue weighted by Gasteiger charge is 2.26. The minimum Gasteiger partial charge on any atom is -0.375 e. The lowest BCUT2D eigenvalue weighted by Crippen LogP contribution is -2.46. The Labute approximate surface area is 93.8 Å². The predicted octanol–water partition coefficient (Wildman–Crippen LogP) is 2.86. The van der Waals surface area contributed by atoms with Crippen LogP contribution in [0.2, 0.25) is 0 Å². The van der Waals surface area contributed by atoms with Gasteiger partial charge in [0.25, 0.3) is 0 Å². The van der Waals surface area contributed by atoms with E-state index in [2.05, 4.69) is 19.2 Å². The highest BCUT2D eigenvalue weighted by atomic mass is 16.5. The van der Waals surface area contributed by atoms with Crippen molar-refractivity contribution in [3.05, 3.63) is 0 Å². The third-order valence-electron chi connectivity index (χ3n) is 3.77. The molecule has 2 aliphatic rings.